The highest BCUT2D eigenvalue weighted by molar-refractivity contribution is 9.10. The molecule has 0 aliphatic carbocycles. The van der Waals surface area contributed by atoms with Crippen LogP contribution in [-0.2, 0) is 6.54 Å². The molecule has 0 radical (unpaired) electrons. The first-order valence-corrected chi connectivity index (χ1v) is 7.20. The summed E-state index contributed by atoms with van der Waals surface area (Å²) in [6.45, 7) is 5.16. The topological polar surface area (TPSA) is 55.9 Å². The van der Waals surface area contributed by atoms with Crippen LogP contribution in [0.1, 0.15) is 36.3 Å². The molecule has 3 N–H and O–H groups in total. The molecule has 2 rings (SSSR count). The molecule has 1 heterocycles. The van der Waals surface area contributed by atoms with Crippen LogP contribution in [0.25, 0.3) is 0 Å². The fourth-order valence-corrected chi connectivity index (χ4v) is 2.70. The lowest BCUT2D eigenvalue weighted by Gasteiger charge is -2.19. The highest BCUT2D eigenvalue weighted by Gasteiger charge is 2.20. The Labute approximate surface area is 122 Å². The van der Waals surface area contributed by atoms with Gasteiger partial charge in [-0.2, -0.15) is 0 Å². The van der Waals surface area contributed by atoms with Crippen LogP contribution in [-0.4, -0.2) is 9.55 Å². The lowest BCUT2D eigenvalue weighted by atomic mass is 10.0. The lowest BCUT2D eigenvalue weighted by molar-refractivity contribution is 0.544. The van der Waals surface area contributed by atoms with Crippen LogP contribution in [0.5, 0.6) is 0 Å². The Bertz CT molecular complexity index is 550. The van der Waals surface area contributed by atoms with Crippen molar-refractivity contribution in [3.8, 4) is 0 Å². The number of hydrazine groups is 1. The average Bonchev–Trinajstić information content (AvgIpc) is 2.84. The summed E-state index contributed by atoms with van der Waals surface area (Å²) in [6, 6.07) is 6.05. The summed E-state index contributed by atoms with van der Waals surface area (Å²) < 4.78 is 3.21. The van der Waals surface area contributed by atoms with Gasteiger partial charge in [-0.05, 0) is 24.5 Å². The molecule has 1 aromatic heterocycles. The zero-order valence-electron chi connectivity index (χ0n) is 11.2. The van der Waals surface area contributed by atoms with Crippen LogP contribution in [0.15, 0.2) is 35.1 Å². The van der Waals surface area contributed by atoms with Gasteiger partial charge < -0.3 is 4.57 Å². The largest absolute Gasteiger partial charge is 0.333 e. The third-order valence-corrected chi connectivity index (χ3v) is 4.25. The summed E-state index contributed by atoms with van der Waals surface area (Å²) in [5.41, 5.74) is 5.16. The molecule has 0 saturated carbocycles. The van der Waals surface area contributed by atoms with E-state index in [4.69, 9.17) is 5.84 Å². The van der Waals surface area contributed by atoms with Gasteiger partial charge in [-0.15, -0.1) is 0 Å². The Kier molecular flexibility index (Phi) is 4.74. The predicted octanol–water partition coefficient (Wildman–Crippen LogP) is 2.92. The van der Waals surface area contributed by atoms with Crippen molar-refractivity contribution in [3.63, 3.8) is 0 Å². The van der Waals surface area contributed by atoms with E-state index in [1.54, 1.807) is 0 Å². The number of halogens is 1. The van der Waals surface area contributed by atoms with E-state index in [2.05, 4.69) is 56.9 Å². The minimum atomic E-state index is -0.115. The summed E-state index contributed by atoms with van der Waals surface area (Å²) in [7, 11) is 0. The number of aryl methyl sites for hydroxylation is 2. The minimum Gasteiger partial charge on any atom is -0.333 e. The first kappa shape index (κ1) is 14.2. The van der Waals surface area contributed by atoms with Gasteiger partial charge >= 0.3 is 0 Å². The van der Waals surface area contributed by atoms with Crippen LogP contribution >= 0.6 is 15.9 Å². The zero-order chi connectivity index (χ0) is 13.8. The maximum atomic E-state index is 5.76. The molecule has 0 aliphatic heterocycles. The molecule has 4 nitrogen and oxygen atoms in total. The fourth-order valence-electron chi connectivity index (χ4n) is 2.21. The monoisotopic (exact) mass is 322 g/mol. The number of imidazole rings is 1. The van der Waals surface area contributed by atoms with Gasteiger partial charge in [0.15, 0.2) is 0 Å². The van der Waals surface area contributed by atoms with E-state index in [1.807, 2.05) is 18.5 Å². The van der Waals surface area contributed by atoms with Gasteiger partial charge in [0.05, 0.1) is 0 Å². The summed E-state index contributed by atoms with van der Waals surface area (Å²) >= 11 is 3.64. The van der Waals surface area contributed by atoms with Gasteiger partial charge in [0, 0.05) is 23.4 Å². The number of nitrogens with zero attached hydrogens (tertiary/aromatic N) is 2. The number of nitrogens with one attached hydrogen (secondary N) is 1. The van der Waals surface area contributed by atoms with Crippen molar-refractivity contribution >= 4 is 15.9 Å². The van der Waals surface area contributed by atoms with Crippen LogP contribution in [0.4, 0.5) is 0 Å². The molecule has 2 aromatic rings. The lowest BCUT2D eigenvalue weighted by Crippen LogP contribution is -2.31. The van der Waals surface area contributed by atoms with Crippen molar-refractivity contribution in [2.24, 2.45) is 5.84 Å². The summed E-state index contributed by atoms with van der Waals surface area (Å²) in [5, 5.41) is 0. The van der Waals surface area contributed by atoms with Crippen LogP contribution < -0.4 is 11.3 Å². The standard InChI is InChI=1S/C14H19BrN4/c1-3-8-19-9-7-17-14(19)13(18-16)11-6-4-5-10(2)12(11)15/h4-7,9,13,18H,3,8,16H2,1-2H3. The molecule has 19 heavy (non-hydrogen) atoms. The highest BCUT2D eigenvalue weighted by atomic mass is 79.9. The number of nitrogens with two attached hydrogens (primary N) is 1. The molecule has 0 saturated heterocycles. The molecule has 0 amide bonds. The van der Waals surface area contributed by atoms with Crippen LogP contribution in [0.3, 0.4) is 0 Å². The first-order chi connectivity index (χ1) is 9.19. The second-order valence-corrected chi connectivity index (χ2v) is 5.35. The normalized spacial score (nSPS) is 12.6. The third-order valence-electron chi connectivity index (χ3n) is 3.17. The van der Waals surface area contributed by atoms with Gasteiger partial charge in [-0.3, -0.25) is 5.84 Å². The number of hydrogen-bond acceptors (Lipinski definition) is 3. The predicted molar refractivity (Wildman–Crippen MR) is 80.6 cm³/mol. The molecule has 102 valence electrons. The van der Waals surface area contributed by atoms with E-state index in [0.29, 0.717) is 0 Å². The average molecular weight is 323 g/mol. The molecule has 1 atom stereocenters. The van der Waals surface area contributed by atoms with Crippen molar-refractivity contribution in [1.29, 1.82) is 0 Å². The highest BCUT2D eigenvalue weighted by Crippen LogP contribution is 2.29. The molecule has 1 aromatic carbocycles. The van der Waals surface area contributed by atoms with E-state index in [1.165, 1.54) is 5.56 Å². The molecule has 1 unspecified atom stereocenters. The quantitative estimate of drug-likeness (QED) is 0.657. The van der Waals surface area contributed by atoms with Crippen molar-refractivity contribution < 1.29 is 0 Å². The molecule has 0 fully saturated rings. The van der Waals surface area contributed by atoms with Crippen LogP contribution in [0, 0.1) is 6.92 Å². The Hall–Kier alpha value is -1.17. The van der Waals surface area contributed by atoms with Gasteiger partial charge in [0.1, 0.15) is 11.9 Å². The Morgan fingerprint density at radius 1 is 1.47 bits per heavy atom. The van der Waals surface area contributed by atoms with E-state index >= 15 is 0 Å². The second-order valence-electron chi connectivity index (χ2n) is 4.56. The van der Waals surface area contributed by atoms with E-state index in [9.17, 15) is 0 Å². The van der Waals surface area contributed by atoms with E-state index < -0.39 is 0 Å². The van der Waals surface area contributed by atoms with E-state index in [-0.39, 0.29) is 6.04 Å². The molecule has 0 aliphatic rings. The summed E-state index contributed by atoms with van der Waals surface area (Å²) in [6.07, 6.45) is 4.88. The SMILES string of the molecule is CCCn1ccnc1C(NN)c1cccc(C)c1Br. The zero-order valence-corrected chi connectivity index (χ0v) is 12.8. The van der Waals surface area contributed by atoms with Gasteiger partial charge in [0.25, 0.3) is 0 Å². The Morgan fingerprint density at radius 3 is 2.95 bits per heavy atom. The number of aromatic nitrogens is 2. The van der Waals surface area contributed by atoms with Gasteiger partial charge in [-0.1, -0.05) is 41.1 Å². The van der Waals surface area contributed by atoms with Crippen molar-refractivity contribution in [3.05, 3.63) is 52.0 Å². The number of hydrogen-bond donors (Lipinski definition) is 2. The molecule has 5 heteroatoms. The smallest absolute Gasteiger partial charge is 0.131 e. The minimum absolute atomic E-state index is 0.115. The van der Waals surface area contributed by atoms with Crippen molar-refractivity contribution in [2.45, 2.75) is 32.9 Å². The molecular weight excluding hydrogens is 304 g/mol. The number of benzene rings is 1. The first-order valence-electron chi connectivity index (χ1n) is 6.41. The van der Waals surface area contributed by atoms with Crippen molar-refractivity contribution in [1.82, 2.24) is 15.0 Å². The Morgan fingerprint density at radius 2 is 2.26 bits per heavy atom. The summed E-state index contributed by atoms with van der Waals surface area (Å²) in [5.74, 6) is 6.70. The molecule has 0 bridgehead atoms. The van der Waals surface area contributed by atoms with Crippen LogP contribution in [0.2, 0.25) is 0 Å². The number of rotatable bonds is 5. The van der Waals surface area contributed by atoms with E-state index in [0.717, 1.165) is 28.8 Å². The van der Waals surface area contributed by atoms with Crippen molar-refractivity contribution in [2.75, 3.05) is 0 Å². The Balaban J connectivity index is 2.44. The maximum absolute atomic E-state index is 5.76. The fraction of sp³-hybridized carbons (Fsp3) is 0.357. The van der Waals surface area contributed by atoms with Gasteiger partial charge in [-0.25, -0.2) is 10.4 Å². The maximum Gasteiger partial charge on any atom is 0.131 e. The molecule has 0 spiro atoms. The third kappa shape index (κ3) is 2.88. The molecular formula is C14H19BrN4. The van der Waals surface area contributed by atoms with Gasteiger partial charge in [0.2, 0.25) is 0 Å². The summed E-state index contributed by atoms with van der Waals surface area (Å²) in [4.78, 5) is 4.45. The second kappa shape index (κ2) is 6.32.